The van der Waals surface area contributed by atoms with E-state index in [1.807, 2.05) is 31.2 Å². The Bertz CT molecular complexity index is 616. The number of hydrogen-bond donors (Lipinski definition) is 3. The lowest BCUT2D eigenvalue weighted by molar-refractivity contribution is -0.126. The molecule has 1 saturated carbocycles. The molecule has 0 unspecified atom stereocenters. The Morgan fingerprint density at radius 3 is 2.62 bits per heavy atom. The number of aliphatic hydroxyl groups is 2. The normalized spacial score (nSPS) is 30.0. The number of nitrogens with one attached hydrogen (secondary N) is 1. The number of amides is 2. The summed E-state index contributed by atoms with van der Waals surface area (Å²) in [6.07, 6.45) is 0.665. The van der Waals surface area contributed by atoms with Crippen molar-refractivity contribution in [3.63, 3.8) is 0 Å². The van der Waals surface area contributed by atoms with Crippen LogP contribution >= 0.6 is 0 Å². The van der Waals surface area contributed by atoms with E-state index in [1.54, 1.807) is 4.90 Å². The summed E-state index contributed by atoms with van der Waals surface area (Å²) in [6, 6.07) is 7.56. The summed E-state index contributed by atoms with van der Waals surface area (Å²) >= 11 is 0. The van der Waals surface area contributed by atoms with Crippen molar-refractivity contribution in [2.75, 3.05) is 18.1 Å². The highest BCUT2D eigenvalue weighted by atomic mass is 16.3. The molecule has 0 spiro atoms. The SMILES string of the molecule is Cc1ccc(N2C[C@H](C(=O)N[C@@H]3C[C@H](CO)[C@H](O)C3)CC2=O)cc1. The van der Waals surface area contributed by atoms with Crippen LogP contribution < -0.4 is 10.2 Å². The highest BCUT2D eigenvalue weighted by Gasteiger charge is 2.38. The molecule has 1 aromatic rings. The standard InChI is InChI=1S/C18H24N2O4/c1-11-2-4-15(5-3-11)20-9-12(7-17(20)23)18(24)19-14-6-13(10-21)16(22)8-14/h2-5,12-14,16,21-22H,6-10H2,1H3,(H,19,24)/t12-,13-,14-,16-/m1/s1. The molecule has 6 heteroatoms. The van der Waals surface area contributed by atoms with Crippen LogP contribution in [0.2, 0.25) is 0 Å². The average Bonchev–Trinajstić information content (AvgIpc) is 3.11. The van der Waals surface area contributed by atoms with Gasteiger partial charge in [0.1, 0.15) is 0 Å². The second kappa shape index (κ2) is 6.91. The molecule has 0 bridgehead atoms. The van der Waals surface area contributed by atoms with Gasteiger partial charge in [-0.3, -0.25) is 9.59 Å². The zero-order chi connectivity index (χ0) is 17.3. The van der Waals surface area contributed by atoms with Crippen LogP contribution in [0.1, 0.15) is 24.8 Å². The molecule has 3 rings (SSSR count). The number of aliphatic hydroxyl groups excluding tert-OH is 2. The van der Waals surface area contributed by atoms with Gasteiger partial charge in [-0.05, 0) is 31.9 Å². The van der Waals surface area contributed by atoms with Crippen LogP contribution in [0, 0.1) is 18.8 Å². The van der Waals surface area contributed by atoms with Crippen molar-refractivity contribution in [3.8, 4) is 0 Å². The van der Waals surface area contributed by atoms with Crippen LogP contribution in [0.15, 0.2) is 24.3 Å². The van der Waals surface area contributed by atoms with Gasteiger partial charge in [0.05, 0.1) is 12.0 Å². The smallest absolute Gasteiger partial charge is 0.227 e. The van der Waals surface area contributed by atoms with Crippen molar-refractivity contribution in [2.24, 2.45) is 11.8 Å². The number of carbonyl (C=O) groups excluding carboxylic acids is 2. The third-order valence-corrected chi connectivity index (χ3v) is 5.08. The molecule has 4 atom stereocenters. The summed E-state index contributed by atoms with van der Waals surface area (Å²) in [5.74, 6) is -0.735. The van der Waals surface area contributed by atoms with Crippen molar-refractivity contribution >= 4 is 17.5 Å². The third kappa shape index (κ3) is 3.44. The first-order chi connectivity index (χ1) is 11.5. The predicted octanol–water partition coefficient (Wildman–Crippen LogP) is 0.596. The third-order valence-electron chi connectivity index (χ3n) is 5.08. The number of benzene rings is 1. The molecule has 1 saturated heterocycles. The number of aryl methyl sites for hydroxylation is 1. The van der Waals surface area contributed by atoms with Crippen molar-refractivity contribution in [1.29, 1.82) is 0 Å². The fraction of sp³-hybridized carbons (Fsp3) is 0.556. The summed E-state index contributed by atoms with van der Waals surface area (Å²) in [6.45, 7) is 2.30. The zero-order valence-electron chi connectivity index (χ0n) is 13.8. The Balaban J connectivity index is 1.59. The van der Waals surface area contributed by atoms with E-state index in [2.05, 4.69) is 5.32 Å². The molecule has 1 aliphatic heterocycles. The minimum atomic E-state index is -0.574. The fourth-order valence-electron chi connectivity index (χ4n) is 3.59. The summed E-state index contributed by atoms with van der Waals surface area (Å²) in [4.78, 5) is 26.3. The molecule has 1 heterocycles. The number of carbonyl (C=O) groups is 2. The quantitative estimate of drug-likeness (QED) is 0.753. The van der Waals surface area contributed by atoms with Gasteiger partial charge < -0.3 is 20.4 Å². The van der Waals surface area contributed by atoms with Gasteiger partial charge in [0.2, 0.25) is 11.8 Å². The lowest BCUT2D eigenvalue weighted by atomic mass is 10.1. The Kier molecular flexibility index (Phi) is 4.87. The van der Waals surface area contributed by atoms with Gasteiger partial charge in [-0.25, -0.2) is 0 Å². The Hall–Kier alpha value is -1.92. The molecule has 1 aromatic carbocycles. The van der Waals surface area contributed by atoms with E-state index in [-0.39, 0.29) is 42.7 Å². The minimum absolute atomic E-state index is 0.0429. The maximum absolute atomic E-state index is 12.4. The summed E-state index contributed by atoms with van der Waals surface area (Å²) in [5, 5.41) is 21.9. The molecule has 24 heavy (non-hydrogen) atoms. The van der Waals surface area contributed by atoms with Crippen LogP contribution in [0.4, 0.5) is 5.69 Å². The van der Waals surface area contributed by atoms with Gasteiger partial charge in [0.25, 0.3) is 0 Å². The molecule has 2 fully saturated rings. The van der Waals surface area contributed by atoms with Gasteiger partial charge >= 0.3 is 0 Å². The molecule has 0 radical (unpaired) electrons. The molecule has 130 valence electrons. The summed E-state index contributed by atoms with van der Waals surface area (Å²) in [7, 11) is 0. The van der Waals surface area contributed by atoms with Crippen molar-refractivity contribution in [2.45, 2.75) is 38.3 Å². The summed E-state index contributed by atoms with van der Waals surface area (Å²) < 4.78 is 0. The second-order valence-corrected chi connectivity index (χ2v) is 6.93. The molecule has 2 amide bonds. The Labute approximate surface area is 141 Å². The molecule has 1 aliphatic carbocycles. The van der Waals surface area contributed by atoms with Gasteiger partial charge in [-0.15, -0.1) is 0 Å². The molecule has 6 nitrogen and oxygen atoms in total. The largest absolute Gasteiger partial charge is 0.396 e. The maximum Gasteiger partial charge on any atom is 0.227 e. The molecule has 2 aliphatic rings. The van der Waals surface area contributed by atoms with Crippen LogP contribution in [-0.2, 0) is 9.59 Å². The molecule has 3 N–H and O–H groups in total. The fourth-order valence-corrected chi connectivity index (χ4v) is 3.59. The van der Waals surface area contributed by atoms with Gasteiger partial charge in [-0.1, -0.05) is 17.7 Å². The maximum atomic E-state index is 12.4. The molecular formula is C18H24N2O4. The van der Waals surface area contributed by atoms with Gasteiger partial charge in [0.15, 0.2) is 0 Å². The predicted molar refractivity (Wildman–Crippen MR) is 89.4 cm³/mol. The number of hydrogen-bond acceptors (Lipinski definition) is 4. The van der Waals surface area contributed by atoms with E-state index in [4.69, 9.17) is 0 Å². The average molecular weight is 332 g/mol. The topological polar surface area (TPSA) is 89.9 Å². The monoisotopic (exact) mass is 332 g/mol. The van der Waals surface area contributed by atoms with Crippen molar-refractivity contribution in [1.82, 2.24) is 5.32 Å². The van der Waals surface area contributed by atoms with Crippen LogP contribution in [0.3, 0.4) is 0 Å². The van der Waals surface area contributed by atoms with E-state index in [0.717, 1.165) is 11.3 Å². The second-order valence-electron chi connectivity index (χ2n) is 6.93. The van der Waals surface area contributed by atoms with E-state index in [9.17, 15) is 19.8 Å². The molecule has 0 aromatic heterocycles. The first-order valence-corrected chi connectivity index (χ1v) is 8.44. The van der Waals surface area contributed by atoms with Crippen LogP contribution in [0.5, 0.6) is 0 Å². The Morgan fingerprint density at radius 2 is 2.00 bits per heavy atom. The number of nitrogens with zero attached hydrogens (tertiary/aromatic N) is 1. The minimum Gasteiger partial charge on any atom is -0.396 e. The number of rotatable bonds is 4. The van der Waals surface area contributed by atoms with Gasteiger partial charge in [-0.2, -0.15) is 0 Å². The highest BCUT2D eigenvalue weighted by Crippen LogP contribution is 2.28. The van der Waals surface area contributed by atoms with Crippen LogP contribution in [-0.4, -0.2) is 47.3 Å². The molecular weight excluding hydrogens is 308 g/mol. The first kappa shape index (κ1) is 16.9. The number of anilines is 1. The Morgan fingerprint density at radius 1 is 1.29 bits per heavy atom. The summed E-state index contributed by atoms with van der Waals surface area (Å²) in [5.41, 5.74) is 1.94. The van der Waals surface area contributed by atoms with Crippen molar-refractivity contribution in [3.05, 3.63) is 29.8 Å². The lowest BCUT2D eigenvalue weighted by Gasteiger charge is -2.18. The van der Waals surface area contributed by atoms with E-state index >= 15 is 0 Å². The van der Waals surface area contributed by atoms with Crippen LogP contribution in [0.25, 0.3) is 0 Å². The van der Waals surface area contributed by atoms with Gasteiger partial charge in [0, 0.05) is 37.2 Å². The highest BCUT2D eigenvalue weighted by molar-refractivity contribution is 6.00. The van der Waals surface area contributed by atoms with Crippen molar-refractivity contribution < 1.29 is 19.8 Å². The lowest BCUT2D eigenvalue weighted by Crippen LogP contribution is -2.39. The van der Waals surface area contributed by atoms with E-state index in [0.29, 0.717) is 19.4 Å². The first-order valence-electron chi connectivity index (χ1n) is 8.44. The zero-order valence-corrected chi connectivity index (χ0v) is 13.8. The van der Waals surface area contributed by atoms with E-state index in [1.165, 1.54) is 0 Å². The van der Waals surface area contributed by atoms with E-state index < -0.39 is 6.10 Å².